The van der Waals surface area contributed by atoms with Crippen LogP contribution in [0.3, 0.4) is 0 Å². The quantitative estimate of drug-likeness (QED) is 0.476. The molecule has 4 aromatic rings. The molecule has 136 valence electrons. The van der Waals surface area contributed by atoms with Gasteiger partial charge in [0.2, 0.25) is 0 Å². The minimum atomic E-state index is -0.357. The second-order valence-corrected chi connectivity index (χ2v) is 6.28. The van der Waals surface area contributed by atoms with Crippen LogP contribution in [0.5, 0.6) is 5.75 Å². The van der Waals surface area contributed by atoms with E-state index in [4.69, 9.17) is 9.47 Å². The van der Waals surface area contributed by atoms with E-state index < -0.39 is 0 Å². The molecule has 0 radical (unpaired) electrons. The molecule has 5 nitrogen and oxygen atoms in total. The fourth-order valence-corrected chi connectivity index (χ4v) is 3.17. The lowest BCUT2D eigenvalue weighted by atomic mass is 10.1. The molecule has 3 aromatic carbocycles. The summed E-state index contributed by atoms with van der Waals surface area (Å²) in [5.74, 6) is 0.782. The Morgan fingerprint density at radius 1 is 0.852 bits per heavy atom. The van der Waals surface area contributed by atoms with Gasteiger partial charge in [-0.15, -0.1) is 5.10 Å². The monoisotopic (exact) mass is 359 g/mol. The highest BCUT2D eigenvalue weighted by Crippen LogP contribution is 2.30. The van der Waals surface area contributed by atoms with Gasteiger partial charge in [0.25, 0.3) is 0 Å². The molecule has 0 N–H and O–H groups in total. The van der Waals surface area contributed by atoms with E-state index in [9.17, 15) is 0 Å². The van der Waals surface area contributed by atoms with Crippen LogP contribution < -0.4 is 4.74 Å². The van der Waals surface area contributed by atoms with Gasteiger partial charge >= 0.3 is 0 Å². The van der Waals surface area contributed by atoms with Gasteiger partial charge in [0.15, 0.2) is 6.23 Å². The average Bonchev–Trinajstić information content (AvgIpc) is 3.16. The van der Waals surface area contributed by atoms with Gasteiger partial charge in [-0.3, -0.25) is 0 Å². The SMILES string of the molecule is COC(CC(Oc1ccccc1)n1nnc2ccccc21)c1ccccc1. The smallest absolute Gasteiger partial charge is 0.196 e. The predicted molar refractivity (Wildman–Crippen MR) is 104 cm³/mol. The Balaban J connectivity index is 1.69. The molecular formula is C22H21N3O2. The van der Waals surface area contributed by atoms with Gasteiger partial charge in [0.1, 0.15) is 11.3 Å². The van der Waals surface area contributed by atoms with Gasteiger partial charge in [0, 0.05) is 13.5 Å². The summed E-state index contributed by atoms with van der Waals surface area (Å²) in [5.41, 5.74) is 2.88. The van der Waals surface area contributed by atoms with E-state index in [1.165, 1.54) is 0 Å². The zero-order valence-electron chi connectivity index (χ0n) is 15.1. The molecule has 4 rings (SSSR count). The minimum absolute atomic E-state index is 0.122. The molecular weight excluding hydrogens is 338 g/mol. The first-order valence-electron chi connectivity index (χ1n) is 8.94. The number of ether oxygens (including phenoxy) is 2. The molecule has 27 heavy (non-hydrogen) atoms. The summed E-state index contributed by atoms with van der Waals surface area (Å²) in [6.07, 6.45) is 0.121. The van der Waals surface area contributed by atoms with Crippen molar-refractivity contribution in [1.29, 1.82) is 0 Å². The topological polar surface area (TPSA) is 49.2 Å². The molecule has 2 unspecified atom stereocenters. The van der Waals surface area contributed by atoms with Crippen LogP contribution in [0.2, 0.25) is 0 Å². The van der Waals surface area contributed by atoms with Crippen molar-refractivity contribution in [1.82, 2.24) is 15.0 Å². The third-order valence-electron chi connectivity index (χ3n) is 4.54. The van der Waals surface area contributed by atoms with Gasteiger partial charge in [-0.25, -0.2) is 4.68 Å². The van der Waals surface area contributed by atoms with Crippen molar-refractivity contribution in [2.24, 2.45) is 0 Å². The van der Waals surface area contributed by atoms with Crippen molar-refractivity contribution in [2.75, 3.05) is 7.11 Å². The zero-order chi connectivity index (χ0) is 18.5. The standard InChI is InChI=1S/C22H21N3O2/c1-26-21(17-10-4-2-5-11-17)16-22(27-18-12-6-3-7-13-18)25-20-15-9-8-14-19(20)23-24-25/h2-15,21-22H,16H2,1H3. The van der Waals surface area contributed by atoms with Crippen molar-refractivity contribution in [3.8, 4) is 5.75 Å². The van der Waals surface area contributed by atoms with E-state index in [-0.39, 0.29) is 12.3 Å². The first kappa shape index (κ1) is 17.2. The molecule has 1 aromatic heterocycles. The first-order valence-corrected chi connectivity index (χ1v) is 8.94. The number of hydrogen-bond acceptors (Lipinski definition) is 4. The molecule has 1 heterocycles. The normalized spacial score (nSPS) is 13.4. The Morgan fingerprint density at radius 2 is 1.52 bits per heavy atom. The van der Waals surface area contributed by atoms with Gasteiger partial charge in [-0.1, -0.05) is 65.9 Å². The first-order chi connectivity index (χ1) is 13.3. The molecule has 5 heteroatoms. The maximum atomic E-state index is 6.30. The molecule has 0 bridgehead atoms. The fourth-order valence-electron chi connectivity index (χ4n) is 3.17. The Hall–Kier alpha value is -3.18. The molecule has 0 aliphatic heterocycles. The Labute approximate surface area is 158 Å². The molecule has 0 spiro atoms. The van der Waals surface area contributed by atoms with Crippen molar-refractivity contribution < 1.29 is 9.47 Å². The van der Waals surface area contributed by atoms with Crippen LogP contribution in [0.15, 0.2) is 84.9 Å². The van der Waals surface area contributed by atoms with Gasteiger partial charge in [-0.2, -0.15) is 0 Å². The van der Waals surface area contributed by atoms with Crippen LogP contribution in [0.4, 0.5) is 0 Å². The van der Waals surface area contributed by atoms with Gasteiger partial charge in [0.05, 0.1) is 11.6 Å². The van der Waals surface area contributed by atoms with E-state index in [1.807, 2.05) is 77.5 Å². The molecule has 0 aliphatic rings. The lowest BCUT2D eigenvalue weighted by molar-refractivity contribution is 0.0215. The summed E-state index contributed by atoms with van der Waals surface area (Å²) < 4.78 is 13.9. The van der Waals surface area contributed by atoms with E-state index in [2.05, 4.69) is 22.4 Å². The fraction of sp³-hybridized carbons (Fsp3) is 0.182. The molecule has 2 atom stereocenters. The van der Waals surface area contributed by atoms with Gasteiger partial charge in [-0.05, 0) is 29.8 Å². The third kappa shape index (κ3) is 3.83. The van der Waals surface area contributed by atoms with Crippen molar-refractivity contribution in [2.45, 2.75) is 18.8 Å². The largest absolute Gasteiger partial charge is 0.468 e. The molecule has 0 amide bonds. The second kappa shape index (κ2) is 8.01. The number of nitrogens with zero attached hydrogens (tertiary/aromatic N) is 3. The number of fused-ring (bicyclic) bond motifs is 1. The highest BCUT2D eigenvalue weighted by molar-refractivity contribution is 5.73. The minimum Gasteiger partial charge on any atom is -0.468 e. The maximum absolute atomic E-state index is 6.30. The molecule has 0 fully saturated rings. The molecule has 0 saturated heterocycles. The number of hydrogen-bond donors (Lipinski definition) is 0. The summed E-state index contributed by atoms with van der Waals surface area (Å²) in [7, 11) is 1.72. The van der Waals surface area contributed by atoms with Crippen molar-refractivity contribution in [3.63, 3.8) is 0 Å². The summed E-state index contributed by atoms with van der Waals surface area (Å²) in [4.78, 5) is 0. The van der Waals surface area contributed by atoms with Crippen LogP contribution in [0.1, 0.15) is 24.3 Å². The van der Waals surface area contributed by atoms with Crippen LogP contribution >= 0.6 is 0 Å². The number of rotatable bonds is 7. The number of methoxy groups -OCH3 is 1. The highest BCUT2D eigenvalue weighted by atomic mass is 16.5. The van der Waals surface area contributed by atoms with Crippen LogP contribution in [0, 0.1) is 0 Å². The number of aromatic nitrogens is 3. The lowest BCUT2D eigenvalue weighted by Crippen LogP contribution is -2.21. The van der Waals surface area contributed by atoms with E-state index in [0.29, 0.717) is 6.42 Å². The summed E-state index contributed by atoms with van der Waals surface area (Å²) in [6, 6.07) is 27.8. The third-order valence-corrected chi connectivity index (χ3v) is 4.54. The zero-order valence-corrected chi connectivity index (χ0v) is 15.1. The maximum Gasteiger partial charge on any atom is 0.196 e. The van der Waals surface area contributed by atoms with E-state index >= 15 is 0 Å². The van der Waals surface area contributed by atoms with Crippen LogP contribution in [-0.4, -0.2) is 22.1 Å². The summed E-state index contributed by atoms with van der Waals surface area (Å²) >= 11 is 0. The van der Waals surface area contributed by atoms with Crippen LogP contribution in [0.25, 0.3) is 11.0 Å². The molecule has 0 saturated carbocycles. The Kier molecular flexibility index (Phi) is 5.12. The molecule has 0 aliphatic carbocycles. The van der Waals surface area contributed by atoms with Crippen LogP contribution in [-0.2, 0) is 4.74 Å². The summed E-state index contributed by atoms with van der Waals surface area (Å²) in [5, 5.41) is 8.64. The van der Waals surface area contributed by atoms with Crippen molar-refractivity contribution >= 4 is 11.0 Å². The predicted octanol–water partition coefficient (Wildman–Crippen LogP) is 4.79. The van der Waals surface area contributed by atoms with Gasteiger partial charge < -0.3 is 9.47 Å². The van der Waals surface area contributed by atoms with E-state index in [0.717, 1.165) is 22.3 Å². The average molecular weight is 359 g/mol. The summed E-state index contributed by atoms with van der Waals surface area (Å²) in [6.45, 7) is 0. The highest BCUT2D eigenvalue weighted by Gasteiger charge is 2.23. The Bertz CT molecular complexity index is 986. The second-order valence-electron chi connectivity index (χ2n) is 6.28. The van der Waals surface area contributed by atoms with E-state index in [1.54, 1.807) is 7.11 Å². The Morgan fingerprint density at radius 3 is 2.26 bits per heavy atom. The van der Waals surface area contributed by atoms with Crippen molar-refractivity contribution in [3.05, 3.63) is 90.5 Å². The lowest BCUT2D eigenvalue weighted by Gasteiger charge is -2.24. The number of benzene rings is 3. The number of para-hydroxylation sites is 2.